The molecular weight excluding hydrogens is 524 g/mol. The van der Waals surface area contributed by atoms with Gasteiger partial charge in [-0.2, -0.15) is 0 Å². The average Bonchev–Trinajstić information content (AvgIpc) is 3.00. The number of carbonyl (C=O) groups excluding carboxylic acids is 2. The van der Waals surface area contributed by atoms with E-state index in [-0.39, 0.29) is 45.8 Å². The van der Waals surface area contributed by atoms with Gasteiger partial charge in [0.25, 0.3) is 0 Å². The van der Waals surface area contributed by atoms with E-state index in [0.29, 0.717) is 22.3 Å². The van der Waals surface area contributed by atoms with Gasteiger partial charge in [0.15, 0.2) is 22.9 Å². The third kappa shape index (κ3) is 5.96. The van der Waals surface area contributed by atoms with Crippen molar-refractivity contribution in [2.24, 2.45) is 0 Å². The van der Waals surface area contributed by atoms with Crippen LogP contribution in [0.25, 0.3) is 22.1 Å². The average molecular weight is 553 g/mol. The second-order valence-corrected chi connectivity index (χ2v) is 8.87. The fourth-order valence-corrected chi connectivity index (χ4v) is 4.39. The van der Waals surface area contributed by atoms with Gasteiger partial charge in [-0.15, -0.1) is 6.58 Å². The number of ketones is 2. The summed E-state index contributed by atoms with van der Waals surface area (Å²) >= 11 is 0. The highest BCUT2D eigenvalue weighted by atomic mass is 16.5. The second kappa shape index (κ2) is 12.7. The summed E-state index contributed by atoms with van der Waals surface area (Å²) in [6, 6.07) is 19.5. The Morgan fingerprint density at radius 1 is 0.829 bits per heavy atom. The molecule has 0 saturated carbocycles. The summed E-state index contributed by atoms with van der Waals surface area (Å²) in [6.07, 6.45) is 5.60. The van der Waals surface area contributed by atoms with Crippen molar-refractivity contribution >= 4 is 22.5 Å². The van der Waals surface area contributed by atoms with E-state index in [1.807, 2.05) is 30.3 Å². The number of methoxy groups -OCH3 is 3. The number of phenolic OH excluding ortho intramolecular Hbond substituents is 1. The van der Waals surface area contributed by atoms with Crippen molar-refractivity contribution in [1.82, 2.24) is 0 Å². The summed E-state index contributed by atoms with van der Waals surface area (Å²) in [5.41, 5.74) is 2.55. The van der Waals surface area contributed by atoms with E-state index < -0.39 is 0 Å². The number of hydrogen-bond acceptors (Lipinski definition) is 8. The van der Waals surface area contributed by atoms with Crippen molar-refractivity contribution in [1.29, 1.82) is 0 Å². The number of phenols is 1. The molecule has 1 unspecified atom stereocenters. The quantitative estimate of drug-likeness (QED) is 0.228. The van der Waals surface area contributed by atoms with Crippen LogP contribution in [0.5, 0.6) is 17.2 Å². The number of hydrogen-bond donors (Lipinski definition) is 1. The van der Waals surface area contributed by atoms with Crippen molar-refractivity contribution < 1.29 is 33.3 Å². The Labute approximate surface area is 236 Å². The Hall–Kier alpha value is -5.37. The summed E-state index contributed by atoms with van der Waals surface area (Å²) < 4.78 is 20.6. The van der Waals surface area contributed by atoms with Gasteiger partial charge in [-0.1, -0.05) is 48.5 Å². The Morgan fingerprint density at radius 3 is 2.15 bits per heavy atom. The molecule has 1 heterocycles. The van der Waals surface area contributed by atoms with E-state index in [4.69, 9.17) is 18.6 Å². The third-order valence-corrected chi connectivity index (χ3v) is 6.51. The molecule has 0 amide bonds. The van der Waals surface area contributed by atoms with Crippen LogP contribution in [-0.4, -0.2) is 38.0 Å². The van der Waals surface area contributed by atoms with Gasteiger partial charge in [-0.05, 0) is 41.5 Å². The second-order valence-electron chi connectivity index (χ2n) is 8.87. The van der Waals surface area contributed by atoms with E-state index in [2.05, 4.69) is 6.58 Å². The largest absolute Gasteiger partial charge is 0.504 e. The summed E-state index contributed by atoms with van der Waals surface area (Å²) in [4.78, 5) is 36.5. The molecule has 5 rings (SSSR count). The summed E-state index contributed by atoms with van der Waals surface area (Å²) in [5.74, 6) is 0.0637. The molecule has 1 aromatic heterocycles. The molecule has 0 radical (unpaired) electrons. The maximum Gasteiger partial charge on any atom is 0.220 e. The van der Waals surface area contributed by atoms with Crippen LogP contribution in [0.1, 0.15) is 11.5 Å². The Kier molecular flexibility index (Phi) is 8.84. The first-order chi connectivity index (χ1) is 19.8. The van der Waals surface area contributed by atoms with E-state index in [0.717, 1.165) is 11.1 Å². The van der Waals surface area contributed by atoms with Gasteiger partial charge in [-0.25, -0.2) is 0 Å². The molecule has 8 nitrogen and oxygen atoms in total. The minimum absolute atomic E-state index is 0.0737. The molecule has 0 saturated heterocycles. The van der Waals surface area contributed by atoms with Gasteiger partial charge in [0.1, 0.15) is 12.0 Å². The van der Waals surface area contributed by atoms with Crippen LogP contribution in [-0.2, 0) is 14.3 Å². The van der Waals surface area contributed by atoms with E-state index in [1.165, 1.54) is 44.8 Å². The lowest BCUT2D eigenvalue weighted by molar-refractivity contribution is -0.117. The molecule has 0 fully saturated rings. The molecular formula is C33H28O8. The fraction of sp³-hybridized carbons (Fsp3) is 0.121. The monoisotopic (exact) mass is 552 g/mol. The first kappa shape index (κ1) is 28.6. The third-order valence-electron chi connectivity index (χ3n) is 6.51. The number of aromatic hydroxyl groups is 1. The van der Waals surface area contributed by atoms with Gasteiger partial charge >= 0.3 is 0 Å². The van der Waals surface area contributed by atoms with E-state index in [1.54, 1.807) is 37.5 Å². The molecule has 208 valence electrons. The Bertz CT molecular complexity index is 1710. The zero-order valence-electron chi connectivity index (χ0n) is 22.7. The van der Waals surface area contributed by atoms with Crippen molar-refractivity contribution in [3.63, 3.8) is 0 Å². The first-order valence-electron chi connectivity index (χ1n) is 12.5. The lowest BCUT2D eigenvalue weighted by atomic mass is 9.85. The molecule has 3 aromatic carbocycles. The topological polar surface area (TPSA) is 112 Å². The van der Waals surface area contributed by atoms with Crippen LogP contribution < -0.4 is 14.9 Å². The molecule has 0 bridgehead atoms. The van der Waals surface area contributed by atoms with Gasteiger partial charge in [0.05, 0.1) is 32.3 Å². The van der Waals surface area contributed by atoms with Gasteiger partial charge < -0.3 is 23.7 Å². The number of ether oxygens (including phenoxy) is 3. The molecule has 41 heavy (non-hydrogen) atoms. The Balaban J connectivity index is 0.000000191. The maximum absolute atomic E-state index is 12.6. The summed E-state index contributed by atoms with van der Waals surface area (Å²) in [5, 5.41) is 10.1. The number of fused-ring (bicyclic) bond motifs is 1. The first-order valence-corrected chi connectivity index (χ1v) is 12.5. The molecule has 1 aliphatic rings. The summed E-state index contributed by atoms with van der Waals surface area (Å²) in [7, 11) is 4.36. The van der Waals surface area contributed by atoms with Crippen LogP contribution in [0.4, 0.5) is 0 Å². The van der Waals surface area contributed by atoms with Crippen LogP contribution in [0, 0.1) is 0 Å². The van der Waals surface area contributed by atoms with Crippen LogP contribution in [0.2, 0.25) is 0 Å². The highest BCUT2D eigenvalue weighted by molar-refractivity contribution is 6.19. The number of carbonyl (C=O) groups is 2. The number of rotatable bonds is 7. The molecule has 1 aliphatic carbocycles. The van der Waals surface area contributed by atoms with E-state index in [9.17, 15) is 19.5 Å². The maximum atomic E-state index is 12.6. The highest BCUT2D eigenvalue weighted by Gasteiger charge is 2.26. The molecule has 8 heteroatoms. The molecule has 0 spiro atoms. The minimum Gasteiger partial charge on any atom is -0.504 e. The lowest BCUT2D eigenvalue weighted by Gasteiger charge is -2.18. The van der Waals surface area contributed by atoms with Crippen molar-refractivity contribution in [3.05, 3.63) is 125 Å². The normalized spacial score (nSPS) is 13.3. The van der Waals surface area contributed by atoms with Gasteiger partial charge in [-0.3, -0.25) is 14.4 Å². The standard InChI is InChI=1S/C17H14O5.C16H14O3/c1-20-11-5-3-10(4-6-11)13-9-22-16-12(15(13)19)7-8-14(18)17(16)21-2;1-3-12(11-7-5-4-6-8-11)13-9-15(18)16(19-2)10-14(13)17/h3-9,18H,1-2H3;3-10,12H,1H2,2H3. The van der Waals surface area contributed by atoms with Gasteiger partial charge in [0, 0.05) is 17.6 Å². The van der Waals surface area contributed by atoms with E-state index >= 15 is 0 Å². The van der Waals surface area contributed by atoms with Gasteiger partial charge in [0.2, 0.25) is 17.0 Å². The zero-order valence-corrected chi connectivity index (χ0v) is 22.7. The lowest BCUT2D eigenvalue weighted by Crippen LogP contribution is -2.18. The SMILES string of the molecule is C=CC(C1=CC(=O)C(OC)=CC1=O)c1ccccc1.COc1ccc(-c2coc3c(OC)c(O)ccc3c2=O)cc1. The van der Waals surface area contributed by atoms with Crippen molar-refractivity contribution in [2.45, 2.75) is 5.92 Å². The highest BCUT2D eigenvalue weighted by Crippen LogP contribution is 2.34. The Morgan fingerprint density at radius 2 is 1.54 bits per heavy atom. The van der Waals surface area contributed by atoms with Crippen molar-refractivity contribution in [2.75, 3.05) is 21.3 Å². The van der Waals surface area contributed by atoms with Crippen LogP contribution in [0.15, 0.2) is 118 Å². The number of benzene rings is 3. The van der Waals surface area contributed by atoms with Crippen molar-refractivity contribution in [3.8, 4) is 28.4 Å². The summed E-state index contributed by atoms with van der Waals surface area (Å²) in [6.45, 7) is 3.75. The zero-order chi connectivity index (χ0) is 29.5. The number of allylic oxidation sites excluding steroid dienone is 4. The minimum atomic E-state index is -0.292. The van der Waals surface area contributed by atoms with Crippen LogP contribution in [0.3, 0.4) is 0 Å². The predicted octanol–water partition coefficient (Wildman–Crippen LogP) is 5.75. The molecule has 1 atom stereocenters. The molecule has 1 N–H and O–H groups in total. The predicted molar refractivity (Wildman–Crippen MR) is 155 cm³/mol. The fourth-order valence-electron chi connectivity index (χ4n) is 4.39. The smallest absolute Gasteiger partial charge is 0.220 e. The molecule has 4 aromatic rings. The van der Waals surface area contributed by atoms with Crippen LogP contribution >= 0.6 is 0 Å². The molecule has 0 aliphatic heterocycles.